The molecule has 30 heavy (non-hydrogen) atoms. The minimum atomic E-state index is 0.441. The van der Waals surface area contributed by atoms with Crippen molar-refractivity contribution in [2.24, 2.45) is 10.9 Å². The molecule has 0 saturated carbocycles. The molecule has 0 aliphatic carbocycles. The summed E-state index contributed by atoms with van der Waals surface area (Å²) in [6.45, 7) is 14.7. The number of guanidine groups is 1. The van der Waals surface area contributed by atoms with Crippen molar-refractivity contribution in [3.8, 4) is 0 Å². The summed E-state index contributed by atoms with van der Waals surface area (Å²) in [5.41, 5.74) is 1.39. The van der Waals surface area contributed by atoms with Gasteiger partial charge in [-0.15, -0.1) is 0 Å². The number of hydrogen-bond acceptors (Lipinski definition) is 4. The van der Waals surface area contributed by atoms with Crippen molar-refractivity contribution in [1.82, 2.24) is 25.3 Å². The largest absolute Gasteiger partial charge is 0.355 e. The molecular weight excluding hydrogens is 372 g/mol. The van der Waals surface area contributed by atoms with Crippen LogP contribution in [-0.4, -0.2) is 92.1 Å². The van der Waals surface area contributed by atoms with Crippen molar-refractivity contribution in [2.75, 3.05) is 53.4 Å². The van der Waals surface area contributed by atoms with Crippen LogP contribution in [0.2, 0.25) is 0 Å². The molecule has 6 nitrogen and oxygen atoms in total. The Labute approximate surface area is 183 Å². The summed E-state index contributed by atoms with van der Waals surface area (Å²) in [4.78, 5) is 12.2. The van der Waals surface area contributed by atoms with Gasteiger partial charge in [-0.25, -0.2) is 0 Å². The second-order valence-corrected chi connectivity index (χ2v) is 9.44. The Kier molecular flexibility index (Phi) is 8.54. The highest BCUT2D eigenvalue weighted by Gasteiger charge is 2.30. The predicted molar refractivity (Wildman–Crippen MR) is 127 cm³/mol. The highest BCUT2D eigenvalue weighted by molar-refractivity contribution is 5.80. The molecule has 2 aliphatic rings. The number of nitrogens with zero attached hydrogens (tertiary/aromatic N) is 4. The molecule has 0 spiro atoms. The van der Waals surface area contributed by atoms with Gasteiger partial charge in [-0.2, -0.15) is 0 Å². The van der Waals surface area contributed by atoms with Gasteiger partial charge in [-0.05, 0) is 31.9 Å². The van der Waals surface area contributed by atoms with Crippen LogP contribution in [0.25, 0.3) is 0 Å². The first-order valence-electron chi connectivity index (χ1n) is 11.6. The lowest BCUT2D eigenvalue weighted by molar-refractivity contribution is 0.0899. The molecule has 0 amide bonds. The third-order valence-corrected chi connectivity index (χ3v) is 6.75. The minimum Gasteiger partial charge on any atom is -0.355 e. The topological polar surface area (TPSA) is 46.1 Å². The molecule has 2 aliphatic heterocycles. The van der Waals surface area contributed by atoms with E-state index in [2.05, 4.69) is 88.5 Å². The standard InChI is InChI=1S/C24H42N6/c1-19(2)23(29-13-11-28(5)12-14-29)16-26-24(25-4)27-22-15-20(3)30(18-22)17-21-9-7-6-8-10-21/h6-10,19-20,22-23H,11-18H2,1-5H3,(H2,25,26,27). The zero-order valence-electron chi connectivity index (χ0n) is 19.6. The van der Waals surface area contributed by atoms with E-state index in [4.69, 9.17) is 0 Å². The summed E-state index contributed by atoms with van der Waals surface area (Å²) in [7, 11) is 4.10. The molecule has 2 fully saturated rings. The normalized spacial score (nSPS) is 25.6. The lowest BCUT2D eigenvalue weighted by atomic mass is 10.0. The molecule has 2 N–H and O–H groups in total. The third-order valence-electron chi connectivity index (χ3n) is 6.75. The predicted octanol–water partition coefficient (Wildman–Crippen LogP) is 2.09. The van der Waals surface area contributed by atoms with Crippen LogP contribution in [0.5, 0.6) is 0 Å². The molecule has 0 bridgehead atoms. The van der Waals surface area contributed by atoms with Gasteiger partial charge < -0.3 is 15.5 Å². The van der Waals surface area contributed by atoms with Crippen LogP contribution in [0.1, 0.15) is 32.8 Å². The number of nitrogens with one attached hydrogen (secondary N) is 2. The van der Waals surface area contributed by atoms with Gasteiger partial charge in [0.1, 0.15) is 0 Å². The van der Waals surface area contributed by atoms with Crippen LogP contribution >= 0.6 is 0 Å². The highest BCUT2D eigenvalue weighted by Crippen LogP contribution is 2.20. The van der Waals surface area contributed by atoms with Crippen LogP contribution in [0, 0.1) is 5.92 Å². The number of likely N-dealkylation sites (tertiary alicyclic amines) is 1. The highest BCUT2D eigenvalue weighted by atomic mass is 15.3. The van der Waals surface area contributed by atoms with E-state index in [1.54, 1.807) is 0 Å². The quantitative estimate of drug-likeness (QED) is 0.528. The molecular formula is C24H42N6. The monoisotopic (exact) mass is 414 g/mol. The number of benzene rings is 1. The average Bonchev–Trinajstić information content (AvgIpc) is 3.07. The Morgan fingerprint density at radius 3 is 2.47 bits per heavy atom. The molecule has 0 radical (unpaired) electrons. The summed E-state index contributed by atoms with van der Waals surface area (Å²) in [6, 6.07) is 12.3. The lowest BCUT2D eigenvalue weighted by Crippen LogP contribution is -2.55. The van der Waals surface area contributed by atoms with E-state index in [9.17, 15) is 0 Å². The van der Waals surface area contributed by atoms with E-state index in [0.717, 1.165) is 58.2 Å². The van der Waals surface area contributed by atoms with Crippen molar-refractivity contribution in [1.29, 1.82) is 0 Å². The maximum atomic E-state index is 4.52. The van der Waals surface area contributed by atoms with Gasteiger partial charge >= 0.3 is 0 Å². The van der Waals surface area contributed by atoms with Gasteiger partial charge in [0.25, 0.3) is 0 Å². The van der Waals surface area contributed by atoms with Crippen molar-refractivity contribution < 1.29 is 0 Å². The third kappa shape index (κ3) is 6.43. The van der Waals surface area contributed by atoms with Gasteiger partial charge in [-0.3, -0.25) is 14.8 Å². The summed E-state index contributed by atoms with van der Waals surface area (Å²) < 4.78 is 0. The van der Waals surface area contributed by atoms with Crippen molar-refractivity contribution in [3.63, 3.8) is 0 Å². The van der Waals surface area contributed by atoms with Gasteiger partial charge in [-0.1, -0.05) is 44.2 Å². The van der Waals surface area contributed by atoms with E-state index in [1.165, 1.54) is 5.56 Å². The molecule has 1 aromatic carbocycles. The van der Waals surface area contributed by atoms with Crippen LogP contribution in [0.15, 0.2) is 35.3 Å². The van der Waals surface area contributed by atoms with Gasteiger partial charge in [0.15, 0.2) is 5.96 Å². The first-order valence-corrected chi connectivity index (χ1v) is 11.6. The Morgan fingerprint density at radius 1 is 1.13 bits per heavy atom. The average molecular weight is 415 g/mol. The molecule has 2 heterocycles. The van der Waals surface area contributed by atoms with Crippen LogP contribution < -0.4 is 10.6 Å². The fraction of sp³-hybridized carbons (Fsp3) is 0.708. The molecule has 0 aromatic heterocycles. The first-order chi connectivity index (χ1) is 14.5. The number of likely N-dealkylation sites (N-methyl/N-ethyl adjacent to an activating group) is 1. The fourth-order valence-corrected chi connectivity index (χ4v) is 4.77. The summed E-state index contributed by atoms with van der Waals surface area (Å²) in [5.74, 6) is 1.56. The zero-order valence-corrected chi connectivity index (χ0v) is 19.6. The number of rotatable bonds is 7. The minimum absolute atomic E-state index is 0.441. The van der Waals surface area contributed by atoms with Crippen molar-refractivity contribution >= 4 is 5.96 Å². The lowest BCUT2D eigenvalue weighted by Gasteiger charge is -2.40. The molecule has 3 atom stereocenters. The summed E-state index contributed by atoms with van der Waals surface area (Å²) in [5, 5.41) is 7.32. The summed E-state index contributed by atoms with van der Waals surface area (Å²) in [6.07, 6.45) is 1.15. The van der Waals surface area contributed by atoms with Gasteiger partial charge in [0.05, 0.1) is 0 Å². The maximum Gasteiger partial charge on any atom is 0.191 e. The number of hydrogen-bond donors (Lipinski definition) is 2. The molecule has 3 unspecified atom stereocenters. The Morgan fingerprint density at radius 2 is 1.83 bits per heavy atom. The summed E-state index contributed by atoms with van der Waals surface area (Å²) >= 11 is 0. The molecule has 3 rings (SSSR count). The molecule has 168 valence electrons. The second kappa shape index (κ2) is 11.1. The zero-order chi connectivity index (χ0) is 21.5. The molecule has 2 saturated heterocycles. The van der Waals surface area contributed by atoms with Crippen LogP contribution in [0.4, 0.5) is 0 Å². The van der Waals surface area contributed by atoms with E-state index >= 15 is 0 Å². The Bertz CT molecular complexity index is 653. The number of aliphatic imine (C=N–C) groups is 1. The van der Waals surface area contributed by atoms with E-state index in [-0.39, 0.29) is 0 Å². The Balaban J connectivity index is 1.49. The fourth-order valence-electron chi connectivity index (χ4n) is 4.77. The molecule has 6 heteroatoms. The Hall–Kier alpha value is -1.63. The smallest absolute Gasteiger partial charge is 0.191 e. The van der Waals surface area contributed by atoms with Gasteiger partial charge in [0.2, 0.25) is 0 Å². The van der Waals surface area contributed by atoms with Crippen molar-refractivity contribution in [2.45, 2.75) is 51.9 Å². The van der Waals surface area contributed by atoms with E-state index < -0.39 is 0 Å². The maximum absolute atomic E-state index is 4.52. The number of piperazine rings is 1. The van der Waals surface area contributed by atoms with E-state index in [0.29, 0.717) is 24.0 Å². The van der Waals surface area contributed by atoms with Crippen LogP contribution in [-0.2, 0) is 6.54 Å². The molecule has 1 aromatic rings. The van der Waals surface area contributed by atoms with Crippen LogP contribution in [0.3, 0.4) is 0 Å². The first kappa shape index (κ1) is 23.0. The second-order valence-electron chi connectivity index (χ2n) is 9.44. The van der Waals surface area contributed by atoms with Gasteiger partial charge in [0, 0.05) is 71.0 Å². The SMILES string of the molecule is CN=C(NCC(C(C)C)N1CCN(C)CC1)NC1CC(C)N(Cc2ccccc2)C1. The van der Waals surface area contributed by atoms with E-state index in [1.807, 2.05) is 7.05 Å². The van der Waals surface area contributed by atoms with Crippen molar-refractivity contribution in [3.05, 3.63) is 35.9 Å².